The van der Waals surface area contributed by atoms with E-state index in [-0.39, 0.29) is 30.0 Å². The lowest BCUT2D eigenvalue weighted by Gasteiger charge is -2.61. The molecule has 4 aliphatic rings. The molecule has 4 heteroatoms. The van der Waals surface area contributed by atoms with Gasteiger partial charge in [0.1, 0.15) is 0 Å². The van der Waals surface area contributed by atoms with Crippen molar-refractivity contribution in [1.82, 2.24) is 0 Å². The number of carbonyl (C=O) groups excluding carboxylic acids is 1. The van der Waals surface area contributed by atoms with Crippen molar-refractivity contribution in [3.63, 3.8) is 0 Å². The third kappa shape index (κ3) is 1.71. The van der Waals surface area contributed by atoms with E-state index in [0.29, 0.717) is 12.8 Å². The van der Waals surface area contributed by atoms with E-state index < -0.39 is 28.7 Å². The second-order valence-electron chi connectivity index (χ2n) is 9.01. The predicted molar refractivity (Wildman–Crippen MR) is 88.9 cm³/mol. The third-order valence-corrected chi connectivity index (χ3v) is 7.92. The van der Waals surface area contributed by atoms with Crippen LogP contribution in [-0.4, -0.2) is 33.9 Å². The Hall–Kier alpha value is -1.00. The fourth-order valence-corrected chi connectivity index (χ4v) is 6.55. The summed E-state index contributed by atoms with van der Waals surface area (Å²) in [5.41, 5.74) is -2.32. The summed E-state index contributed by atoms with van der Waals surface area (Å²) in [6.07, 6.45) is 5.47. The van der Waals surface area contributed by atoms with Crippen molar-refractivity contribution in [2.45, 2.75) is 64.3 Å². The molecule has 24 heavy (non-hydrogen) atoms. The summed E-state index contributed by atoms with van der Waals surface area (Å²) in [6, 6.07) is 0. The first-order chi connectivity index (χ1) is 11.1. The SMILES string of the molecule is C[C@@H]1C[C@H]2[C@H]3CCC4=CC(=O)C=C[C@]4(C)[C@]3(F)[C@H](O)C[C@]2(C)C1O. The summed E-state index contributed by atoms with van der Waals surface area (Å²) < 4.78 is 16.6. The Bertz CT molecular complexity index is 655. The molecular formula is C20H27FO3. The van der Waals surface area contributed by atoms with Gasteiger partial charge in [0, 0.05) is 11.3 Å². The van der Waals surface area contributed by atoms with Crippen LogP contribution < -0.4 is 0 Å². The molecule has 4 aliphatic carbocycles. The van der Waals surface area contributed by atoms with Crippen LogP contribution in [0, 0.1) is 28.6 Å². The number of rotatable bonds is 0. The molecule has 0 aromatic rings. The lowest BCUT2D eigenvalue weighted by molar-refractivity contribution is -0.201. The fourth-order valence-electron chi connectivity index (χ4n) is 6.55. The van der Waals surface area contributed by atoms with E-state index in [1.165, 1.54) is 6.08 Å². The van der Waals surface area contributed by atoms with Crippen molar-refractivity contribution < 1.29 is 19.4 Å². The number of hydrogen-bond acceptors (Lipinski definition) is 3. The highest BCUT2D eigenvalue weighted by atomic mass is 19.1. The number of aliphatic hydroxyl groups is 2. The summed E-state index contributed by atoms with van der Waals surface area (Å²) >= 11 is 0. The second kappa shape index (κ2) is 4.79. The Labute approximate surface area is 142 Å². The van der Waals surface area contributed by atoms with Gasteiger partial charge in [-0.1, -0.05) is 25.5 Å². The number of halogens is 1. The van der Waals surface area contributed by atoms with Crippen LogP contribution >= 0.6 is 0 Å². The molecule has 0 saturated heterocycles. The Morgan fingerprint density at radius 1 is 1.25 bits per heavy atom. The summed E-state index contributed by atoms with van der Waals surface area (Å²) in [7, 11) is 0. The highest BCUT2D eigenvalue weighted by Gasteiger charge is 2.70. The Balaban J connectivity index is 1.83. The number of aliphatic hydroxyl groups excluding tert-OH is 2. The molecule has 0 spiro atoms. The molecule has 0 heterocycles. The molecule has 8 atom stereocenters. The molecule has 0 bridgehead atoms. The van der Waals surface area contributed by atoms with Crippen LogP contribution in [0.4, 0.5) is 4.39 Å². The van der Waals surface area contributed by atoms with Crippen LogP contribution in [0.3, 0.4) is 0 Å². The molecule has 0 amide bonds. The van der Waals surface area contributed by atoms with Gasteiger partial charge in [0.2, 0.25) is 0 Å². The summed E-state index contributed by atoms with van der Waals surface area (Å²) in [6.45, 7) is 5.87. The van der Waals surface area contributed by atoms with E-state index in [1.54, 1.807) is 12.2 Å². The predicted octanol–water partition coefficient (Wildman–Crippen LogP) is 2.96. The van der Waals surface area contributed by atoms with Crippen molar-refractivity contribution >= 4 is 5.78 Å². The van der Waals surface area contributed by atoms with Crippen molar-refractivity contribution in [3.8, 4) is 0 Å². The van der Waals surface area contributed by atoms with Gasteiger partial charge in [-0.15, -0.1) is 0 Å². The van der Waals surface area contributed by atoms with Gasteiger partial charge in [0.25, 0.3) is 0 Å². The van der Waals surface area contributed by atoms with Crippen molar-refractivity contribution in [3.05, 3.63) is 23.8 Å². The van der Waals surface area contributed by atoms with Gasteiger partial charge in [0.05, 0.1) is 12.2 Å². The van der Waals surface area contributed by atoms with Gasteiger partial charge >= 0.3 is 0 Å². The normalized spacial score (nSPS) is 56.3. The summed E-state index contributed by atoms with van der Waals surface area (Å²) in [5.74, 6) is -0.182. The van der Waals surface area contributed by atoms with Crippen LogP contribution in [0.15, 0.2) is 23.8 Å². The molecule has 0 aliphatic heterocycles. The average Bonchev–Trinajstić information content (AvgIpc) is 2.74. The van der Waals surface area contributed by atoms with E-state index >= 15 is 4.39 Å². The molecule has 3 fully saturated rings. The zero-order valence-electron chi connectivity index (χ0n) is 14.6. The van der Waals surface area contributed by atoms with Crippen molar-refractivity contribution in [2.75, 3.05) is 0 Å². The average molecular weight is 334 g/mol. The van der Waals surface area contributed by atoms with Gasteiger partial charge < -0.3 is 10.2 Å². The van der Waals surface area contributed by atoms with E-state index in [0.717, 1.165) is 12.0 Å². The molecule has 2 N–H and O–H groups in total. The molecular weight excluding hydrogens is 307 g/mol. The number of hydrogen-bond donors (Lipinski definition) is 2. The molecule has 132 valence electrons. The zero-order chi connectivity index (χ0) is 17.5. The maximum absolute atomic E-state index is 16.6. The minimum Gasteiger partial charge on any atom is -0.392 e. The number of alkyl halides is 1. The molecule has 4 rings (SSSR count). The lowest BCUT2D eigenvalue weighted by Crippen LogP contribution is -2.66. The molecule has 0 aromatic carbocycles. The van der Waals surface area contributed by atoms with E-state index in [2.05, 4.69) is 0 Å². The minimum absolute atomic E-state index is 0.0697. The topological polar surface area (TPSA) is 57.5 Å². The summed E-state index contributed by atoms with van der Waals surface area (Å²) in [4.78, 5) is 11.7. The lowest BCUT2D eigenvalue weighted by atomic mass is 9.46. The Morgan fingerprint density at radius 3 is 2.67 bits per heavy atom. The number of ketones is 1. The van der Waals surface area contributed by atoms with Crippen LogP contribution in [0.2, 0.25) is 0 Å². The largest absolute Gasteiger partial charge is 0.392 e. The van der Waals surface area contributed by atoms with Gasteiger partial charge in [-0.2, -0.15) is 0 Å². The van der Waals surface area contributed by atoms with Crippen molar-refractivity contribution in [2.24, 2.45) is 28.6 Å². The minimum atomic E-state index is -1.78. The van der Waals surface area contributed by atoms with E-state index in [1.807, 2.05) is 20.8 Å². The number of fused-ring (bicyclic) bond motifs is 5. The maximum atomic E-state index is 16.6. The van der Waals surface area contributed by atoms with E-state index in [9.17, 15) is 15.0 Å². The molecule has 1 unspecified atom stereocenters. The van der Waals surface area contributed by atoms with Crippen LogP contribution in [0.5, 0.6) is 0 Å². The first kappa shape index (κ1) is 16.5. The van der Waals surface area contributed by atoms with Gasteiger partial charge in [0.15, 0.2) is 11.5 Å². The summed E-state index contributed by atoms with van der Waals surface area (Å²) in [5, 5.41) is 21.6. The molecule has 0 radical (unpaired) electrons. The van der Waals surface area contributed by atoms with Gasteiger partial charge in [-0.25, -0.2) is 4.39 Å². The van der Waals surface area contributed by atoms with Crippen LogP contribution in [-0.2, 0) is 4.79 Å². The first-order valence-electron chi connectivity index (χ1n) is 9.14. The molecule has 3 nitrogen and oxygen atoms in total. The molecule has 0 aromatic heterocycles. The van der Waals surface area contributed by atoms with Crippen LogP contribution in [0.1, 0.15) is 46.5 Å². The van der Waals surface area contributed by atoms with Gasteiger partial charge in [-0.3, -0.25) is 4.79 Å². The third-order valence-electron chi connectivity index (χ3n) is 7.92. The Morgan fingerprint density at radius 2 is 1.96 bits per heavy atom. The fraction of sp³-hybridized carbons (Fsp3) is 0.750. The van der Waals surface area contributed by atoms with Crippen LogP contribution in [0.25, 0.3) is 0 Å². The van der Waals surface area contributed by atoms with E-state index in [4.69, 9.17) is 0 Å². The highest BCUT2D eigenvalue weighted by Crippen LogP contribution is 2.68. The standard InChI is InChI=1S/C20H27FO3/c1-11-8-15-14-5-4-12-9-13(22)6-7-19(12,3)20(14,21)16(23)10-18(15,2)17(11)24/h6-7,9,11,14-17,23-24H,4-5,8,10H2,1-3H3/t11-,14-,15+,16-,17?,18+,19+,20-/m1/s1. The highest BCUT2D eigenvalue weighted by molar-refractivity contribution is 6.01. The monoisotopic (exact) mass is 334 g/mol. The Kier molecular flexibility index (Phi) is 3.29. The zero-order valence-corrected chi connectivity index (χ0v) is 14.6. The molecule has 3 saturated carbocycles. The quantitative estimate of drug-likeness (QED) is 0.716. The number of carbonyl (C=O) groups is 1. The second-order valence-corrected chi connectivity index (χ2v) is 9.01. The first-order valence-corrected chi connectivity index (χ1v) is 9.14. The van der Waals surface area contributed by atoms with Crippen molar-refractivity contribution in [1.29, 1.82) is 0 Å². The number of allylic oxidation sites excluding steroid dienone is 4. The van der Waals surface area contributed by atoms with Gasteiger partial charge in [-0.05, 0) is 62.0 Å². The smallest absolute Gasteiger partial charge is 0.178 e. The maximum Gasteiger partial charge on any atom is 0.178 e.